The van der Waals surface area contributed by atoms with Crippen molar-refractivity contribution in [2.75, 3.05) is 0 Å². The Hall–Kier alpha value is -1.04. The predicted molar refractivity (Wildman–Crippen MR) is 76.0 cm³/mol. The summed E-state index contributed by atoms with van der Waals surface area (Å²) in [6.45, 7) is 8.84. The van der Waals surface area contributed by atoms with Crippen molar-refractivity contribution in [1.82, 2.24) is 0 Å². The van der Waals surface area contributed by atoms with Crippen LogP contribution in [-0.2, 0) is 6.42 Å². The van der Waals surface area contributed by atoms with Crippen molar-refractivity contribution in [2.24, 2.45) is 11.8 Å². The summed E-state index contributed by atoms with van der Waals surface area (Å²) in [6.07, 6.45) is 6.62. The first-order chi connectivity index (χ1) is 8.16. The van der Waals surface area contributed by atoms with E-state index in [-0.39, 0.29) is 0 Å². The minimum atomic E-state index is 0.735. The van der Waals surface area contributed by atoms with Crippen LogP contribution in [0.1, 0.15) is 50.7 Å². The van der Waals surface area contributed by atoms with E-state index in [2.05, 4.69) is 44.7 Å². The normalized spacial score (nSPS) is 16.6. The van der Waals surface area contributed by atoms with Crippen LogP contribution < -0.4 is 0 Å². The molecule has 1 fully saturated rings. The smallest absolute Gasteiger partial charge is 0.0162 e. The Labute approximate surface area is 106 Å². The molecule has 1 aliphatic rings. The fourth-order valence-corrected chi connectivity index (χ4v) is 2.84. The van der Waals surface area contributed by atoms with E-state index in [0.29, 0.717) is 0 Å². The minimum absolute atomic E-state index is 0.735. The summed E-state index contributed by atoms with van der Waals surface area (Å²) in [5, 5.41) is 0. The molecule has 2 rings (SSSR count). The minimum Gasteiger partial charge on any atom is -0.0950 e. The third-order valence-electron chi connectivity index (χ3n) is 3.82. The lowest BCUT2D eigenvalue weighted by Crippen LogP contribution is -1.98. The molecule has 0 atom stereocenters. The molecule has 0 heterocycles. The SMILES string of the molecule is C=C(c1ccc(CC(C)C)cc1)C1CCCC1. The van der Waals surface area contributed by atoms with Crippen LogP contribution in [0.4, 0.5) is 0 Å². The summed E-state index contributed by atoms with van der Waals surface area (Å²) in [6, 6.07) is 9.07. The van der Waals surface area contributed by atoms with Crippen LogP contribution in [0.5, 0.6) is 0 Å². The third kappa shape index (κ3) is 3.21. The van der Waals surface area contributed by atoms with Crippen molar-refractivity contribution in [1.29, 1.82) is 0 Å². The molecular formula is C17H24. The van der Waals surface area contributed by atoms with Gasteiger partial charge in [-0.3, -0.25) is 0 Å². The number of benzene rings is 1. The van der Waals surface area contributed by atoms with Crippen LogP contribution >= 0.6 is 0 Å². The van der Waals surface area contributed by atoms with Gasteiger partial charge in [-0.05, 0) is 47.8 Å². The van der Waals surface area contributed by atoms with Crippen molar-refractivity contribution in [3.05, 3.63) is 42.0 Å². The summed E-state index contributed by atoms with van der Waals surface area (Å²) >= 11 is 0. The summed E-state index contributed by atoms with van der Waals surface area (Å²) in [4.78, 5) is 0. The fraction of sp³-hybridized carbons (Fsp3) is 0.529. The molecule has 17 heavy (non-hydrogen) atoms. The van der Waals surface area contributed by atoms with Gasteiger partial charge in [0.1, 0.15) is 0 Å². The second-order valence-corrected chi connectivity index (χ2v) is 5.80. The zero-order valence-corrected chi connectivity index (χ0v) is 11.2. The quantitative estimate of drug-likeness (QED) is 0.673. The Bertz CT molecular complexity index is 364. The summed E-state index contributed by atoms with van der Waals surface area (Å²) < 4.78 is 0. The van der Waals surface area contributed by atoms with Crippen LogP contribution in [-0.4, -0.2) is 0 Å². The molecule has 1 saturated carbocycles. The average Bonchev–Trinajstić information content (AvgIpc) is 2.82. The van der Waals surface area contributed by atoms with Crippen molar-refractivity contribution in [2.45, 2.75) is 46.0 Å². The largest absolute Gasteiger partial charge is 0.0950 e. The van der Waals surface area contributed by atoms with Gasteiger partial charge in [-0.15, -0.1) is 0 Å². The van der Waals surface area contributed by atoms with Gasteiger partial charge in [0.05, 0.1) is 0 Å². The fourth-order valence-electron chi connectivity index (χ4n) is 2.84. The highest BCUT2D eigenvalue weighted by molar-refractivity contribution is 5.65. The van der Waals surface area contributed by atoms with E-state index >= 15 is 0 Å². The predicted octanol–water partition coefficient (Wildman–Crippen LogP) is 5.09. The van der Waals surface area contributed by atoms with E-state index in [1.54, 1.807) is 0 Å². The Balaban J connectivity index is 2.04. The standard InChI is InChI=1S/C17H24/c1-13(2)12-15-8-10-17(11-9-15)14(3)16-6-4-5-7-16/h8-11,13,16H,3-7,12H2,1-2H3. The molecular weight excluding hydrogens is 204 g/mol. The molecule has 0 heteroatoms. The van der Waals surface area contributed by atoms with Crippen molar-refractivity contribution in [3.63, 3.8) is 0 Å². The Kier molecular flexibility index (Phi) is 4.04. The molecule has 0 bridgehead atoms. The maximum absolute atomic E-state index is 4.30. The van der Waals surface area contributed by atoms with Crippen molar-refractivity contribution in [3.8, 4) is 0 Å². The first kappa shape index (κ1) is 12.4. The molecule has 0 aliphatic heterocycles. The van der Waals surface area contributed by atoms with Crippen molar-refractivity contribution >= 4 is 5.57 Å². The third-order valence-corrected chi connectivity index (χ3v) is 3.82. The lowest BCUT2D eigenvalue weighted by molar-refractivity contribution is 0.647. The van der Waals surface area contributed by atoms with E-state index in [4.69, 9.17) is 0 Å². The molecule has 0 nitrogen and oxygen atoms in total. The number of hydrogen-bond donors (Lipinski definition) is 0. The number of hydrogen-bond acceptors (Lipinski definition) is 0. The molecule has 0 N–H and O–H groups in total. The average molecular weight is 228 g/mol. The molecule has 0 saturated heterocycles. The molecule has 92 valence electrons. The molecule has 1 aromatic rings. The Morgan fingerprint density at radius 1 is 1.18 bits per heavy atom. The monoisotopic (exact) mass is 228 g/mol. The number of allylic oxidation sites excluding steroid dienone is 1. The molecule has 0 unspecified atom stereocenters. The Morgan fingerprint density at radius 2 is 1.76 bits per heavy atom. The van der Waals surface area contributed by atoms with Gasteiger partial charge in [-0.1, -0.05) is 57.5 Å². The molecule has 0 spiro atoms. The zero-order chi connectivity index (χ0) is 12.3. The zero-order valence-electron chi connectivity index (χ0n) is 11.2. The molecule has 0 radical (unpaired) electrons. The molecule has 1 aliphatic carbocycles. The van der Waals surface area contributed by atoms with E-state index < -0.39 is 0 Å². The molecule has 0 aromatic heterocycles. The highest BCUT2D eigenvalue weighted by atomic mass is 14.2. The second kappa shape index (κ2) is 5.53. The van der Waals surface area contributed by atoms with Gasteiger partial charge in [0.25, 0.3) is 0 Å². The first-order valence-electron chi connectivity index (χ1n) is 6.95. The maximum atomic E-state index is 4.30. The van der Waals surface area contributed by atoms with Gasteiger partial charge < -0.3 is 0 Å². The molecule has 0 amide bonds. The van der Waals surface area contributed by atoms with Crippen LogP contribution in [0.3, 0.4) is 0 Å². The van der Waals surface area contributed by atoms with Gasteiger partial charge in [-0.25, -0.2) is 0 Å². The highest BCUT2D eigenvalue weighted by Gasteiger charge is 2.18. The lowest BCUT2D eigenvalue weighted by Gasteiger charge is -2.14. The van der Waals surface area contributed by atoms with E-state index in [0.717, 1.165) is 11.8 Å². The second-order valence-electron chi connectivity index (χ2n) is 5.80. The van der Waals surface area contributed by atoms with Crippen molar-refractivity contribution < 1.29 is 0 Å². The summed E-state index contributed by atoms with van der Waals surface area (Å²) in [5.74, 6) is 1.48. The van der Waals surface area contributed by atoms with Crippen LogP contribution in [0.15, 0.2) is 30.8 Å². The lowest BCUT2D eigenvalue weighted by atomic mass is 9.91. The number of rotatable bonds is 4. The van der Waals surface area contributed by atoms with Gasteiger partial charge in [0.15, 0.2) is 0 Å². The summed E-state index contributed by atoms with van der Waals surface area (Å²) in [5.41, 5.74) is 4.16. The topological polar surface area (TPSA) is 0 Å². The van der Waals surface area contributed by atoms with Gasteiger partial charge in [0.2, 0.25) is 0 Å². The molecule has 1 aromatic carbocycles. The first-order valence-corrected chi connectivity index (χ1v) is 6.95. The van der Waals surface area contributed by atoms with Gasteiger partial charge in [0, 0.05) is 0 Å². The van der Waals surface area contributed by atoms with Crippen LogP contribution in [0.2, 0.25) is 0 Å². The summed E-state index contributed by atoms with van der Waals surface area (Å²) in [7, 11) is 0. The maximum Gasteiger partial charge on any atom is -0.0162 e. The van der Waals surface area contributed by atoms with Crippen LogP contribution in [0.25, 0.3) is 5.57 Å². The highest BCUT2D eigenvalue weighted by Crippen LogP contribution is 2.35. The van der Waals surface area contributed by atoms with Gasteiger partial charge in [-0.2, -0.15) is 0 Å². The van der Waals surface area contributed by atoms with E-state index in [9.17, 15) is 0 Å². The van der Waals surface area contributed by atoms with Gasteiger partial charge >= 0.3 is 0 Å². The van der Waals surface area contributed by atoms with E-state index in [1.165, 1.54) is 48.8 Å². The van der Waals surface area contributed by atoms with E-state index in [1.807, 2.05) is 0 Å². The van der Waals surface area contributed by atoms with Crippen LogP contribution in [0, 0.1) is 11.8 Å². The Morgan fingerprint density at radius 3 is 2.29 bits per heavy atom.